The third kappa shape index (κ3) is 8.65. The normalized spacial score (nSPS) is 9.19. The van der Waals surface area contributed by atoms with Gasteiger partial charge in [0, 0.05) is 65.4 Å². The molecule has 0 amide bonds. The molecule has 0 unspecified atom stereocenters. The minimum Gasteiger partial charge on any atom is -0.581 e. The zero-order valence-electron chi connectivity index (χ0n) is 14.3. The van der Waals surface area contributed by atoms with Crippen LogP contribution >= 0.6 is 0 Å². The molecule has 0 fully saturated rings. The topological polar surface area (TPSA) is 86.7 Å². The average Bonchev–Trinajstić information content (AvgIpc) is 2.63. The summed E-state index contributed by atoms with van der Waals surface area (Å²) in [6.07, 6.45) is 2.48. The van der Waals surface area contributed by atoms with Gasteiger partial charge in [0.25, 0.3) is 0 Å². The van der Waals surface area contributed by atoms with E-state index in [2.05, 4.69) is 9.47 Å². The van der Waals surface area contributed by atoms with Crippen molar-refractivity contribution in [3.05, 3.63) is 70.8 Å². The quantitative estimate of drug-likeness (QED) is 0.304. The Hall–Kier alpha value is -1.07. The van der Waals surface area contributed by atoms with E-state index < -0.39 is 11.9 Å². The molecule has 0 N–H and O–H groups in total. The van der Waals surface area contributed by atoms with E-state index in [-0.39, 0.29) is 65.4 Å². The molecule has 0 aromatic heterocycles. The van der Waals surface area contributed by atoms with Crippen LogP contribution in [-0.4, -0.2) is 24.9 Å². The summed E-state index contributed by atoms with van der Waals surface area (Å²) in [4.78, 5) is 42.7. The van der Waals surface area contributed by atoms with E-state index in [0.29, 0.717) is 11.1 Å². The smallest absolute Gasteiger partial charge is 0.182 e. The number of aryl methyl sites for hydroxylation is 2. The monoisotopic (exact) mass is 516 g/mol. The van der Waals surface area contributed by atoms with Crippen LogP contribution in [0.3, 0.4) is 0 Å². The zero-order chi connectivity index (χ0) is 18.1. The zero-order valence-corrected chi connectivity index (χ0v) is 20.0. The van der Waals surface area contributed by atoms with E-state index in [1.807, 2.05) is 0 Å². The predicted molar refractivity (Wildman–Crippen MR) is 87.1 cm³/mol. The molecule has 2 rings (SSSR count). The number of ether oxygens (including phenoxy) is 2. The second-order valence-electron chi connectivity index (χ2n) is 5.19. The van der Waals surface area contributed by atoms with Crippen LogP contribution in [-0.2, 0) is 97.3 Å². The molecule has 8 heteroatoms. The van der Waals surface area contributed by atoms with Gasteiger partial charge in [0.15, 0.2) is 24.9 Å². The van der Waals surface area contributed by atoms with Crippen molar-refractivity contribution in [3.63, 3.8) is 0 Å². The first-order valence-electron chi connectivity index (χ1n) is 7.48. The number of hydrogen-bond donors (Lipinski definition) is 0. The van der Waals surface area contributed by atoms with Gasteiger partial charge in [-0.3, -0.25) is 0 Å². The van der Waals surface area contributed by atoms with Gasteiger partial charge in [-0.05, 0) is 41.5 Å². The van der Waals surface area contributed by atoms with E-state index >= 15 is 0 Å². The van der Waals surface area contributed by atoms with Gasteiger partial charge in [-0.2, -0.15) is 0 Å². The summed E-state index contributed by atoms with van der Waals surface area (Å²) in [5.74, 6) is -1.46. The van der Waals surface area contributed by atoms with Gasteiger partial charge in [-0.1, -0.05) is 48.5 Å². The van der Waals surface area contributed by atoms with Crippen molar-refractivity contribution in [1.82, 2.24) is 0 Å². The Morgan fingerprint density at radius 2 is 1.00 bits per heavy atom. The van der Waals surface area contributed by atoms with E-state index in [1.165, 1.54) is 0 Å². The summed E-state index contributed by atoms with van der Waals surface area (Å²) in [6, 6.07) is 13.6. The molecule has 0 bridgehead atoms. The van der Waals surface area contributed by atoms with Gasteiger partial charge in [-0.25, -0.2) is 0 Å². The van der Waals surface area contributed by atoms with Gasteiger partial charge in [0.2, 0.25) is 0 Å². The van der Waals surface area contributed by atoms with E-state index in [9.17, 15) is 19.2 Å². The fourth-order valence-electron chi connectivity index (χ4n) is 2.31. The van der Waals surface area contributed by atoms with Crippen LogP contribution in [0.4, 0.5) is 0 Å². The Balaban J connectivity index is 0.00000338. The number of rotatable bonds is 8. The van der Waals surface area contributed by atoms with Gasteiger partial charge in [0.05, 0.1) is 0 Å². The second kappa shape index (κ2) is 14.0. The Kier molecular flexibility index (Phi) is 13.4. The van der Waals surface area contributed by atoms with Crippen LogP contribution in [0.1, 0.15) is 38.3 Å². The van der Waals surface area contributed by atoms with Gasteiger partial charge >= 0.3 is 0 Å². The SMILES string of the molecule is O=[C-]OC(=O)c1ccc(CCCc2ccc(C(=O)O[C-]=O)cc2)cc1.[Y].[Y]. The minimum atomic E-state index is -0.729. The number of benzene rings is 2. The van der Waals surface area contributed by atoms with Crippen molar-refractivity contribution in [1.29, 1.82) is 0 Å². The van der Waals surface area contributed by atoms with Crippen LogP contribution in [0.25, 0.3) is 0 Å². The molecule has 0 spiro atoms. The van der Waals surface area contributed by atoms with Gasteiger partial charge in [-0.15, -0.1) is 0 Å². The molecule has 2 radical (unpaired) electrons. The van der Waals surface area contributed by atoms with Crippen molar-refractivity contribution in [3.8, 4) is 0 Å². The van der Waals surface area contributed by atoms with Gasteiger partial charge < -0.3 is 28.7 Å². The average molecular weight is 516 g/mol. The van der Waals surface area contributed by atoms with E-state index in [1.54, 1.807) is 48.5 Å². The molecule has 0 saturated carbocycles. The molecule has 0 aliphatic carbocycles. The fraction of sp³-hybridized carbons (Fsp3) is 0.158. The first-order valence-corrected chi connectivity index (χ1v) is 7.48. The summed E-state index contributed by atoms with van der Waals surface area (Å²) in [5, 5.41) is 0. The molecular weight excluding hydrogens is 502 g/mol. The molecule has 2 aromatic carbocycles. The summed E-state index contributed by atoms with van der Waals surface area (Å²) < 4.78 is 8.30. The van der Waals surface area contributed by atoms with E-state index in [0.717, 1.165) is 43.3 Å². The maximum Gasteiger partial charge on any atom is 0.182 e. The maximum absolute atomic E-state index is 11.3. The summed E-state index contributed by atoms with van der Waals surface area (Å²) in [6.45, 7) is 2.21. The van der Waals surface area contributed by atoms with Crippen LogP contribution in [0.2, 0.25) is 0 Å². The Labute approximate surface area is 207 Å². The van der Waals surface area contributed by atoms with E-state index in [4.69, 9.17) is 0 Å². The van der Waals surface area contributed by atoms with Crippen LogP contribution in [0, 0.1) is 0 Å². The largest absolute Gasteiger partial charge is 0.581 e. The number of hydrogen-bond acceptors (Lipinski definition) is 6. The second-order valence-corrected chi connectivity index (χ2v) is 5.19. The molecule has 0 atom stereocenters. The molecule has 0 aliphatic heterocycles. The van der Waals surface area contributed by atoms with Crippen molar-refractivity contribution < 1.29 is 94.1 Å². The molecule has 0 saturated heterocycles. The predicted octanol–water partition coefficient (Wildman–Crippen LogP) is 2.30. The molecular formula is C19H14O6Y2-2. The van der Waals surface area contributed by atoms with Crippen molar-refractivity contribution in [2.75, 3.05) is 0 Å². The number of esters is 2. The third-order valence-electron chi connectivity index (χ3n) is 3.58. The summed E-state index contributed by atoms with van der Waals surface area (Å²) in [5.41, 5.74) is 2.69. The van der Waals surface area contributed by atoms with Crippen LogP contribution in [0.15, 0.2) is 48.5 Å². The maximum atomic E-state index is 11.3. The van der Waals surface area contributed by atoms with Crippen molar-refractivity contribution >= 4 is 24.9 Å². The molecule has 6 nitrogen and oxygen atoms in total. The molecule has 27 heavy (non-hydrogen) atoms. The Morgan fingerprint density at radius 3 is 1.30 bits per heavy atom. The molecule has 134 valence electrons. The third-order valence-corrected chi connectivity index (χ3v) is 3.58. The summed E-state index contributed by atoms with van der Waals surface area (Å²) >= 11 is 0. The Morgan fingerprint density at radius 1 is 0.667 bits per heavy atom. The minimum absolute atomic E-state index is 0. The van der Waals surface area contributed by atoms with Crippen molar-refractivity contribution in [2.45, 2.75) is 19.3 Å². The first kappa shape index (κ1) is 25.9. The summed E-state index contributed by atoms with van der Waals surface area (Å²) in [7, 11) is 0. The molecule has 2 aromatic rings. The Bertz CT molecular complexity index is 691. The molecule has 0 aliphatic rings. The number of carbonyl (C=O) groups is 2. The first-order chi connectivity index (χ1) is 12.1. The fourth-order valence-corrected chi connectivity index (χ4v) is 2.31. The van der Waals surface area contributed by atoms with Gasteiger partial charge in [0.1, 0.15) is 0 Å². The number of carbonyl (C=O) groups excluding carboxylic acids is 4. The van der Waals surface area contributed by atoms with Crippen LogP contribution in [0.5, 0.6) is 0 Å². The molecule has 0 heterocycles. The standard InChI is InChI=1S/C19H14O6.2Y/c20-12-24-18(22)16-8-4-14(5-9-16)2-1-3-15-6-10-17(11-7-15)19(23)25-13-21;;/h4-11H,1-3H2;;/q-2;;. The van der Waals surface area contributed by atoms with Crippen molar-refractivity contribution in [2.24, 2.45) is 0 Å². The van der Waals surface area contributed by atoms with Crippen LogP contribution < -0.4 is 0 Å².